The smallest absolute Gasteiger partial charge is 0.253 e. The number of carbonyl (C=O) groups excluding carboxylic acids is 1. The number of hydrogen-bond acceptors (Lipinski definition) is 5. The first kappa shape index (κ1) is 23.6. The highest BCUT2D eigenvalue weighted by molar-refractivity contribution is 6.33. The van der Waals surface area contributed by atoms with Crippen LogP contribution < -0.4 is 25.7 Å². The highest BCUT2D eigenvalue weighted by Gasteiger charge is 2.47. The number of nitrogens with one attached hydrogen (secondary N) is 3. The van der Waals surface area contributed by atoms with E-state index in [0.29, 0.717) is 39.3 Å². The number of pyridine rings is 1. The van der Waals surface area contributed by atoms with E-state index in [1.54, 1.807) is 6.07 Å². The molecule has 1 aromatic heterocycles. The standard InChI is InChI=1S/C25H32ClN3O4/c1-13-10-14(2)29-24(31)19(13)12-28-23(30)18-11-20(26)22-21(15(18)3)32-25(4,33-22)16-6-8-17(27-5)9-7-16/h10-11,16-17,27H,6-9,12H2,1-5H3,(H,28,30)(H,29,31)/t16-,17-,25?. The number of amides is 1. The van der Waals surface area contributed by atoms with Crippen molar-refractivity contribution in [2.24, 2.45) is 5.92 Å². The third-order valence-electron chi connectivity index (χ3n) is 7.09. The summed E-state index contributed by atoms with van der Waals surface area (Å²) >= 11 is 6.54. The lowest BCUT2D eigenvalue weighted by Crippen LogP contribution is -2.46. The van der Waals surface area contributed by atoms with Crippen LogP contribution in [0.25, 0.3) is 0 Å². The van der Waals surface area contributed by atoms with Crippen molar-refractivity contribution in [2.75, 3.05) is 7.05 Å². The number of ether oxygens (including phenoxy) is 2. The van der Waals surface area contributed by atoms with Gasteiger partial charge in [0.15, 0.2) is 11.5 Å². The van der Waals surface area contributed by atoms with E-state index in [0.717, 1.165) is 36.9 Å². The number of H-pyrrole nitrogens is 1. The Balaban J connectivity index is 1.53. The summed E-state index contributed by atoms with van der Waals surface area (Å²) in [6.45, 7) is 7.60. The second-order valence-electron chi connectivity index (χ2n) is 9.37. The minimum Gasteiger partial charge on any atom is -0.448 e. The molecule has 2 heterocycles. The minimum atomic E-state index is -0.809. The van der Waals surface area contributed by atoms with Crippen molar-refractivity contribution in [1.29, 1.82) is 0 Å². The zero-order valence-corrected chi connectivity index (χ0v) is 20.6. The van der Waals surface area contributed by atoms with Crippen LogP contribution in [-0.4, -0.2) is 29.8 Å². The summed E-state index contributed by atoms with van der Waals surface area (Å²) in [7, 11) is 2.00. The lowest BCUT2D eigenvalue weighted by atomic mass is 9.81. The molecule has 2 aromatic rings. The summed E-state index contributed by atoms with van der Waals surface area (Å²) < 4.78 is 12.6. The van der Waals surface area contributed by atoms with Gasteiger partial charge in [0.25, 0.3) is 17.3 Å². The molecule has 0 saturated heterocycles. The maximum Gasteiger partial charge on any atom is 0.253 e. The Morgan fingerprint density at radius 3 is 2.45 bits per heavy atom. The highest BCUT2D eigenvalue weighted by atomic mass is 35.5. The average Bonchev–Trinajstić information content (AvgIpc) is 3.15. The van der Waals surface area contributed by atoms with Crippen LogP contribution in [0.2, 0.25) is 5.02 Å². The van der Waals surface area contributed by atoms with E-state index in [4.69, 9.17) is 21.1 Å². The third-order valence-corrected chi connectivity index (χ3v) is 7.37. The Morgan fingerprint density at radius 1 is 1.15 bits per heavy atom. The number of hydrogen-bond donors (Lipinski definition) is 3. The van der Waals surface area contributed by atoms with Crippen LogP contribution in [0.5, 0.6) is 11.5 Å². The van der Waals surface area contributed by atoms with Crippen molar-refractivity contribution >= 4 is 17.5 Å². The Hall–Kier alpha value is -2.51. The summed E-state index contributed by atoms with van der Waals surface area (Å²) in [6.07, 6.45) is 4.12. The molecular formula is C25H32ClN3O4. The minimum absolute atomic E-state index is 0.123. The van der Waals surface area contributed by atoms with E-state index in [9.17, 15) is 9.59 Å². The van der Waals surface area contributed by atoms with Crippen LogP contribution >= 0.6 is 11.6 Å². The maximum absolute atomic E-state index is 13.0. The molecule has 1 fully saturated rings. The van der Waals surface area contributed by atoms with Crippen molar-refractivity contribution in [3.8, 4) is 11.5 Å². The molecule has 1 saturated carbocycles. The van der Waals surface area contributed by atoms with Gasteiger partial charge in [0.05, 0.1) is 5.02 Å². The predicted octanol–water partition coefficient (Wildman–Crippen LogP) is 4.15. The number of aryl methyl sites for hydroxylation is 2. The van der Waals surface area contributed by atoms with Crippen LogP contribution in [0.4, 0.5) is 0 Å². The van der Waals surface area contributed by atoms with Gasteiger partial charge in [-0.05, 0) is 71.2 Å². The average molecular weight is 474 g/mol. The van der Waals surface area contributed by atoms with E-state index in [-0.39, 0.29) is 23.9 Å². The largest absolute Gasteiger partial charge is 0.448 e. The molecule has 0 spiro atoms. The van der Waals surface area contributed by atoms with Gasteiger partial charge in [0, 0.05) is 47.8 Å². The number of fused-ring (bicyclic) bond motifs is 1. The van der Waals surface area contributed by atoms with Crippen LogP contribution in [0.3, 0.4) is 0 Å². The van der Waals surface area contributed by atoms with Crippen LogP contribution in [0.1, 0.15) is 65.3 Å². The van der Waals surface area contributed by atoms with Crippen LogP contribution in [0, 0.1) is 26.7 Å². The Morgan fingerprint density at radius 2 is 1.82 bits per heavy atom. The fourth-order valence-electron chi connectivity index (χ4n) is 5.02. The van der Waals surface area contributed by atoms with Gasteiger partial charge < -0.3 is 25.1 Å². The molecule has 0 bridgehead atoms. The second-order valence-corrected chi connectivity index (χ2v) is 9.78. The first-order valence-corrected chi connectivity index (χ1v) is 11.9. The molecule has 1 unspecified atom stereocenters. The van der Waals surface area contributed by atoms with Crippen LogP contribution in [0.15, 0.2) is 16.9 Å². The molecule has 1 aliphatic carbocycles. The first-order valence-electron chi connectivity index (χ1n) is 11.5. The SMILES string of the molecule is CN[C@H]1CC[C@H](C2(C)Oc3c(Cl)cc(C(=O)NCc4c(C)cc(C)[nH]c4=O)c(C)c3O2)CC1. The summed E-state index contributed by atoms with van der Waals surface area (Å²) in [6, 6.07) is 4.03. The molecule has 1 amide bonds. The molecule has 33 heavy (non-hydrogen) atoms. The van der Waals surface area contributed by atoms with Gasteiger partial charge in [0.2, 0.25) is 0 Å². The fourth-order valence-corrected chi connectivity index (χ4v) is 5.25. The molecule has 3 N–H and O–H groups in total. The van der Waals surface area contributed by atoms with Gasteiger partial charge >= 0.3 is 0 Å². The van der Waals surface area contributed by atoms with Gasteiger partial charge in [-0.2, -0.15) is 0 Å². The number of rotatable bonds is 5. The first-order chi connectivity index (χ1) is 15.6. The number of halogens is 1. The molecule has 2 aliphatic rings. The molecule has 8 heteroatoms. The van der Waals surface area contributed by atoms with Gasteiger partial charge in [-0.3, -0.25) is 9.59 Å². The Kier molecular flexibility index (Phi) is 6.47. The molecule has 0 radical (unpaired) electrons. The van der Waals surface area contributed by atoms with Crippen molar-refractivity contribution in [3.63, 3.8) is 0 Å². The van der Waals surface area contributed by atoms with Gasteiger partial charge in [-0.15, -0.1) is 0 Å². The van der Waals surface area contributed by atoms with Crippen LogP contribution in [-0.2, 0) is 6.54 Å². The molecule has 1 aromatic carbocycles. The van der Waals surface area contributed by atoms with E-state index in [1.807, 2.05) is 40.8 Å². The molecule has 1 atom stereocenters. The topological polar surface area (TPSA) is 92.5 Å². The molecule has 1 aliphatic heterocycles. The van der Waals surface area contributed by atoms with Gasteiger partial charge in [0.1, 0.15) is 0 Å². The predicted molar refractivity (Wildman–Crippen MR) is 128 cm³/mol. The van der Waals surface area contributed by atoms with Crippen molar-refractivity contribution in [1.82, 2.24) is 15.6 Å². The number of benzene rings is 1. The van der Waals surface area contributed by atoms with E-state index in [1.165, 1.54) is 0 Å². The lowest BCUT2D eigenvalue weighted by Gasteiger charge is -2.37. The van der Waals surface area contributed by atoms with Gasteiger partial charge in [-0.25, -0.2) is 0 Å². The number of aromatic nitrogens is 1. The Labute approximate surface area is 199 Å². The molecule has 178 valence electrons. The van der Waals surface area contributed by atoms with Crippen molar-refractivity contribution < 1.29 is 14.3 Å². The summed E-state index contributed by atoms with van der Waals surface area (Å²) in [5, 5.41) is 6.54. The van der Waals surface area contributed by atoms with E-state index in [2.05, 4.69) is 15.6 Å². The van der Waals surface area contributed by atoms with Gasteiger partial charge in [-0.1, -0.05) is 11.6 Å². The second kappa shape index (κ2) is 9.03. The monoisotopic (exact) mass is 473 g/mol. The fraction of sp³-hybridized carbons (Fsp3) is 0.520. The normalized spacial score (nSPS) is 24.1. The quantitative estimate of drug-likeness (QED) is 0.606. The van der Waals surface area contributed by atoms with Crippen molar-refractivity contribution in [3.05, 3.63) is 55.5 Å². The molecule has 4 rings (SSSR count). The summed E-state index contributed by atoms with van der Waals surface area (Å²) in [4.78, 5) is 28.1. The summed E-state index contributed by atoms with van der Waals surface area (Å²) in [5.41, 5.74) is 3.04. The number of aromatic amines is 1. The van der Waals surface area contributed by atoms with E-state index < -0.39 is 5.79 Å². The van der Waals surface area contributed by atoms with E-state index >= 15 is 0 Å². The molecule has 7 nitrogen and oxygen atoms in total. The highest BCUT2D eigenvalue weighted by Crippen LogP contribution is 2.51. The number of carbonyl (C=O) groups is 1. The zero-order valence-electron chi connectivity index (χ0n) is 19.9. The Bertz CT molecular complexity index is 1140. The summed E-state index contributed by atoms with van der Waals surface area (Å²) in [5.74, 6) is 0.128. The van der Waals surface area contributed by atoms with Crippen molar-refractivity contribution in [2.45, 2.75) is 71.8 Å². The lowest BCUT2D eigenvalue weighted by molar-refractivity contribution is -0.121. The zero-order chi connectivity index (χ0) is 23.9. The maximum atomic E-state index is 13.0. The third kappa shape index (κ3) is 4.49. The molecular weight excluding hydrogens is 442 g/mol.